The van der Waals surface area contributed by atoms with Crippen molar-refractivity contribution < 1.29 is 14.3 Å². The molecule has 0 radical (unpaired) electrons. The van der Waals surface area contributed by atoms with Crippen LogP contribution < -0.4 is 14.8 Å². The third-order valence-electron chi connectivity index (χ3n) is 4.58. The van der Waals surface area contributed by atoms with Crippen molar-refractivity contribution in [1.82, 2.24) is 4.98 Å². The van der Waals surface area contributed by atoms with E-state index in [0.29, 0.717) is 22.2 Å². The predicted molar refractivity (Wildman–Crippen MR) is 112 cm³/mol. The van der Waals surface area contributed by atoms with Gasteiger partial charge in [0.2, 0.25) is 6.79 Å². The van der Waals surface area contributed by atoms with Crippen molar-refractivity contribution in [2.45, 2.75) is 0 Å². The summed E-state index contributed by atoms with van der Waals surface area (Å²) in [6, 6.07) is 19.2. The summed E-state index contributed by atoms with van der Waals surface area (Å²) >= 11 is 1.37. The van der Waals surface area contributed by atoms with Gasteiger partial charge in [-0.2, -0.15) is 5.26 Å². The van der Waals surface area contributed by atoms with Gasteiger partial charge in [-0.25, -0.2) is 4.98 Å². The molecule has 0 saturated heterocycles. The maximum Gasteiger partial charge on any atom is 0.268 e. The third-order valence-corrected chi connectivity index (χ3v) is 5.51. The van der Waals surface area contributed by atoms with E-state index < -0.39 is 5.91 Å². The van der Waals surface area contributed by atoms with Crippen molar-refractivity contribution >= 4 is 49.4 Å². The number of rotatable bonds is 3. The maximum atomic E-state index is 12.6. The first kappa shape index (κ1) is 17.2. The zero-order valence-corrected chi connectivity index (χ0v) is 15.8. The fourth-order valence-corrected chi connectivity index (χ4v) is 4.07. The number of ether oxygens (including phenoxy) is 2. The monoisotopic (exact) mass is 399 g/mol. The summed E-state index contributed by atoms with van der Waals surface area (Å²) < 4.78 is 11.6. The standard InChI is InChI=1S/C22H13N3O3S/c23-11-15(9-13-5-7-17-18(10-13)28-12-27-17)21(26)25-22-24-20-16-4-2-1-3-14(16)6-8-19(20)29-22/h1-10H,12H2,(H,24,25,26)/b15-9-. The topological polar surface area (TPSA) is 84.2 Å². The molecule has 6 nitrogen and oxygen atoms in total. The molecule has 1 aromatic heterocycles. The lowest BCUT2D eigenvalue weighted by Gasteiger charge is -2.01. The van der Waals surface area contributed by atoms with E-state index in [1.54, 1.807) is 18.2 Å². The Hall–Kier alpha value is -3.89. The largest absolute Gasteiger partial charge is 0.454 e. The molecule has 4 aromatic rings. The average molecular weight is 399 g/mol. The second-order valence-electron chi connectivity index (χ2n) is 6.39. The van der Waals surface area contributed by atoms with E-state index in [1.807, 2.05) is 42.5 Å². The predicted octanol–water partition coefficient (Wildman–Crippen LogP) is 4.72. The van der Waals surface area contributed by atoms with Crippen molar-refractivity contribution in [2.75, 3.05) is 12.1 Å². The number of carbonyl (C=O) groups is 1. The number of carbonyl (C=O) groups excluding carboxylic acids is 1. The number of hydrogen-bond acceptors (Lipinski definition) is 6. The van der Waals surface area contributed by atoms with Gasteiger partial charge in [-0.15, -0.1) is 0 Å². The lowest BCUT2D eigenvalue weighted by Crippen LogP contribution is -2.13. The number of hydrogen-bond donors (Lipinski definition) is 1. The maximum absolute atomic E-state index is 12.6. The van der Waals surface area contributed by atoms with E-state index in [2.05, 4.69) is 10.3 Å². The SMILES string of the molecule is N#C/C(=C/c1ccc2c(c1)OCO2)C(=O)Nc1nc2c(ccc3ccccc32)s1. The fraction of sp³-hybridized carbons (Fsp3) is 0.0455. The first-order valence-corrected chi connectivity index (χ1v) is 9.64. The number of nitriles is 1. The molecule has 0 bridgehead atoms. The van der Waals surface area contributed by atoms with E-state index in [1.165, 1.54) is 17.4 Å². The molecule has 0 unspecified atom stereocenters. The van der Waals surface area contributed by atoms with Gasteiger partial charge in [0.15, 0.2) is 16.6 Å². The van der Waals surface area contributed by atoms with Crippen LogP contribution >= 0.6 is 11.3 Å². The molecule has 2 heterocycles. The first-order chi connectivity index (χ1) is 14.2. The van der Waals surface area contributed by atoms with Gasteiger partial charge in [0.25, 0.3) is 5.91 Å². The molecule has 29 heavy (non-hydrogen) atoms. The molecule has 5 rings (SSSR count). The van der Waals surface area contributed by atoms with E-state index in [0.717, 1.165) is 21.0 Å². The molecule has 0 saturated carbocycles. The quantitative estimate of drug-likeness (QED) is 0.398. The Morgan fingerprint density at radius 2 is 2.00 bits per heavy atom. The second kappa shape index (κ2) is 6.93. The number of benzene rings is 3. The Balaban J connectivity index is 1.44. The van der Waals surface area contributed by atoms with Crippen molar-refractivity contribution in [3.05, 3.63) is 65.7 Å². The molecule has 0 aliphatic carbocycles. The van der Waals surface area contributed by atoms with E-state index in [9.17, 15) is 10.1 Å². The number of thiazole rings is 1. The molecule has 1 N–H and O–H groups in total. The van der Waals surface area contributed by atoms with Crippen molar-refractivity contribution in [2.24, 2.45) is 0 Å². The van der Waals surface area contributed by atoms with Crippen molar-refractivity contribution in [3.63, 3.8) is 0 Å². The highest BCUT2D eigenvalue weighted by molar-refractivity contribution is 7.22. The molecule has 0 spiro atoms. The van der Waals surface area contributed by atoms with Gasteiger partial charge in [-0.05, 0) is 35.2 Å². The highest BCUT2D eigenvalue weighted by Gasteiger charge is 2.16. The number of nitrogens with one attached hydrogen (secondary N) is 1. The fourth-order valence-electron chi connectivity index (χ4n) is 3.20. The average Bonchev–Trinajstić information content (AvgIpc) is 3.37. The van der Waals surface area contributed by atoms with Crippen LogP contribution in [-0.4, -0.2) is 17.7 Å². The Morgan fingerprint density at radius 3 is 2.90 bits per heavy atom. The van der Waals surface area contributed by atoms with Gasteiger partial charge >= 0.3 is 0 Å². The zero-order valence-electron chi connectivity index (χ0n) is 15.0. The van der Waals surface area contributed by atoms with Gasteiger partial charge in [0.1, 0.15) is 11.6 Å². The van der Waals surface area contributed by atoms with Crippen LogP contribution in [0.5, 0.6) is 11.5 Å². The summed E-state index contributed by atoms with van der Waals surface area (Å²) in [5.41, 5.74) is 1.49. The molecule has 1 aliphatic heterocycles. The summed E-state index contributed by atoms with van der Waals surface area (Å²) in [7, 11) is 0. The van der Waals surface area contributed by atoms with Crippen LogP contribution in [0.3, 0.4) is 0 Å². The number of anilines is 1. The number of amides is 1. The molecular formula is C22H13N3O3S. The molecule has 0 fully saturated rings. The molecule has 1 amide bonds. The molecule has 1 aliphatic rings. The summed E-state index contributed by atoms with van der Waals surface area (Å²) in [6.07, 6.45) is 1.51. The molecular weight excluding hydrogens is 386 g/mol. The lowest BCUT2D eigenvalue weighted by molar-refractivity contribution is -0.112. The summed E-state index contributed by atoms with van der Waals surface area (Å²) in [5.74, 6) is 0.731. The van der Waals surface area contributed by atoms with Crippen LogP contribution in [0, 0.1) is 11.3 Å². The Morgan fingerprint density at radius 1 is 1.14 bits per heavy atom. The van der Waals surface area contributed by atoms with Crippen LogP contribution in [0.2, 0.25) is 0 Å². The van der Waals surface area contributed by atoms with Crippen LogP contribution in [0.1, 0.15) is 5.56 Å². The Bertz CT molecular complexity index is 1350. The van der Waals surface area contributed by atoms with Crippen LogP contribution in [-0.2, 0) is 4.79 Å². The van der Waals surface area contributed by atoms with Crippen LogP contribution in [0.15, 0.2) is 60.2 Å². The minimum absolute atomic E-state index is 0.0204. The van der Waals surface area contributed by atoms with Crippen molar-refractivity contribution in [1.29, 1.82) is 5.26 Å². The molecule has 140 valence electrons. The normalized spacial score (nSPS) is 12.9. The second-order valence-corrected chi connectivity index (χ2v) is 7.42. The first-order valence-electron chi connectivity index (χ1n) is 8.82. The van der Waals surface area contributed by atoms with E-state index >= 15 is 0 Å². The summed E-state index contributed by atoms with van der Waals surface area (Å²) in [5, 5.41) is 14.8. The molecule has 0 atom stereocenters. The minimum atomic E-state index is -0.506. The van der Waals surface area contributed by atoms with Gasteiger partial charge in [0.05, 0.1) is 10.2 Å². The van der Waals surface area contributed by atoms with Crippen LogP contribution in [0.4, 0.5) is 5.13 Å². The number of fused-ring (bicyclic) bond motifs is 4. The van der Waals surface area contributed by atoms with E-state index in [-0.39, 0.29) is 12.4 Å². The third kappa shape index (κ3) is 3.16. The lowest BCUT2D eigenvalue weighted by atomic mass is 10.1. The molecule has 7 heteroatoms. The van der Waals surface area contributed by atoms with Gasteiger partial charge in [0, 0.05) is 5.39 Å². The van der Waals surface area contributed by atoms with Crippen LogP contribution in [0.25, 0.3) is 27.1 Å². The summed E-state index contributed by atoms with van der Waals surface area (Å²) in [6.45, 7) is 0.167. The van der Waals surface area contributed by atoms with Gasteiger partial charge in [-0.1, -0.05) is 47.7 Å². The van der Waals surface area contributed by atoms with Crippen molar-refractivity contribution in [3.8, 4) is 17.6 Å². The Kier molecular flexibility index (Phi) is 4.12. The summed E-state index contributed by atoms with van der Waals surface area (Å²) in [4.78, 5) is 17.2. The smallest absolute Gasteiger partial charge is 0.268 e. The van der Waals surface area contributed by atoms with E-state index in [4.69, 9.17) is 9.47 Å². The number of aromatic nitrogens is 1. The molecule has 3 aromatic carbocycles. The number of nitrogens with zero attached hydrogens (tertiary/aromatic N) is 2. The highest BCUT2D eigenvalue weighted by atomic mass is 32.1. The zero-order chi connectivity index (χ0) is 19.8. The Labute approximate surface area is 169 Å². The van der Waals surface area contributed by atoms with Gasteiger partial charge < -0.3 is 9.47 Å². The minimum Gasteiger partial charge on any atom is -0.454 e. The van der Waals surface area contributed by atoms with Gasteiger partial charge in [-0.3, -0.25) is 10.1 Å². The highest BCUT2D eigenvalue weighted by Crippen LogP contribution is 2.34.